The number of nitrogens with zero attached hydrogens (tertiary/aromatic N) is 1. The van der Waals surface area contributed by atoms with Crippen LogP contribution in [0.15, 0.2) is 24.3 Å². The number of aliphatic hydroxyl groups is 1. The smallest absolute Gasteiger partial charge is 0.314 e. The van der Waals surface area contributed by atoms with Crippen LogP contribution >= 0.6 is 0 Å². The molecule has 27 heavy (non-hydrogen) atoms. The number of carbonyl (C=O) groups excluding carboxylic acids is 1. The quantitative estimate of drug-likeness (QED) is 0.589. The van der Waals surface area contributed by atoms with Gasteiger partial charge in [-0.25, -0.2) is 0 Å². The minimum Gasteiger partial charge on any atom is -0.426 e. The second kappa shape index (κ2) is 9.20. The van der Waals surface area contributed by atoms with Gasteiger partial charge in [-0.1, -0.05) is 50.7 Å². The number of benzene rings is 1. The number of rotatable bonds is 6. The fraction of sp³-hybridized carbons (Fsp3) is 0.696. The highest BCUT2D eigenvalue weighted by Gasteiger charge is 2.38. The van der Waals surface area contributed by atoms with Gasteiger partial charge in [0.05, 0.1) is 11.5 Å². The molecule has 2 aliphatic carbocycles. The summed E-state index contributed by atoms with van der Waals surface area (Å²) in [6, 6.07) is 7.85. The SMILES string of the molecule is CN(C)CC(c1ccc(OC(=O)C2CCCCC2)cc1)C1(O)CCCCC1. The fourth-order valence-electron chi connectivity index (χ4n) is 4.77. The van der Waals surface area contributed by atoms with Crippen molar-refractivity contribution >= 4 is 5.97 Å². The van der Waals surface area contributed by atoms with Gasteiger partial charge in [-0.15, -0.1) is 0 Å². The Bertz CT molecular complexity index is 599. The Morgan fingerprint density at radius 1 is 1.07 bits per heavy atom. The molecule has 2 aliphatic rings. The van der Waals surface area contributed by atoms with E-state index >= 15 is 0 Å². The van der Waals surface area contributed by atoms with Crippen molar-refractivity contribution < 1.29 is 14.6 Å². The van der Waals surface area contributed by atoms with Gasteiger partial charge in [0, 0.05) is 12.5 Å². The summed E-state index contributed by atoms with van der Waals surface area (Å²) in [6.07, 6.45) is 10.5. The maximum atomic E-state index is 12.4. The Labute approximate surface area is 163 Å². The summed E-state index contributed by atoms with van der Waals surface area (Å²) in [4.78, 5) is 14.5. The third-order valence-electron chi connectivity index (χ3n) is 6.36. The van der Waals surface area contributed by atoms with Gasteiger partial charge >= 0.3 is 5.97 Å². The van der Waals surface area contributed by atoms with E-state index in [0.717, 1.165) is 63.5 Å². The fourth-order valence-corrected chi connectivity index (χ4v) is 4.77. The molecule has 1 N–H and O–H groups in total. The Morgan fingerprint density at radius 2 is 1.67 bits per heavy atom. The molecule has 0 spiro atoms. The molecule has 4 heteroatoms. The van der Waals surface area contributed by atoms with Crippen LogP contribution in [0.25, 0.3) is 0 Å². The van der Waals surface area contributed by atoms with Crippen LogP contribution in [-0.4, -0.2) is 42.2 Å². The first-order valence-corrected chi connectivity index (χ1v) is 10.7. The van der Waals surface area contributed by atoms with E-state index in [1.165, 1.54) is 12.8 Å². The Morgan fingerprint density at radius 3 is 2.26 bits per heavy atom. The van der Waals surface area contributed by atoms with Crippen molar-refractivity contribution in [3.63, 3.8) is 0 Å². The molecule has 1 unspecified atom stereocenters. The molecule has 0 saturated heterocycles. The molecular formula is C23H35NO3. The highest BCUT2D eigenvalue weighted by atomic mass is 16.5. The molecule has 0 radical (unpaired) electrons. The Hall–Kier alpha value is -1.39. The third kappa shape index (κ3) is 5.32. The molecule has 0 amide bonds. The Balaban J connectivity index is 1.70. The summed E-state index contributed by atoms with van der Waals surface area (Å²) >= 11 is 0. The first-order chi connectivity index (χ1) is 13.0. The van der Waals surface area contributed by atoms with Crippen molar-refractivity contribution in [1.29, 1.82) is 0 Å². The van der Waals surface area contributed by atoms with Crippen LogP contribution in [0.4, 0.5) is 0 Å². The lowest BCUT2D eigenvalue weighted by Crippen LogP contribution is -2.42. The zero-order valence-corrected chi connectivity index (χ0v) is 17.0. The molecule has 0 heterocycles. The number of carbonyl (C=O) groups is 1. The van der Waals surface area contributed by atoms with E-state index in [9.17, 15) is 9.90 Å². The summed E-state index contributed by atoms with van der Waals surface area (Å²) in [7, 11) is 4.11. The summed E-state index contributed by atoms with van der Waals surface area (Å²) in [5.41, 5.74) is 0.494. The predicted octanol–water partition coefficient (Wildman–Crippen LogP) is 4.51. The van der Waals surface area contributed by atoms with E-state index in [0.29, 0.717) is 5.75 Å². The first-order valence-electron chi connectivity index (χ1n) is 10.7. The molecule has 1 aromatic rings. The minimum absolute atomic E-state index is 0.0582. The van der Waals surface area contributed by atoms with Crippen LogP contribution in [-0.2, 0) is 4.79 Å². The lowest BCUT2D eigenvalue weighted by atomic mass is 9.72. The zero-order chi connectivity index (χ0) is 19.3. The van der Waals surface area contributed by atoms with Gasteiger partial charge in [0.15, 0.2) is 0 Å². The van der Waals surface area contributed by atoms with E-state index < -0.39 is 5.60 Å². The zero-order valence-electron chi connectivity index (χ0n) is 17.0. The second-order valence-electron chi connectivity index (χ2n) is 8.80. The normalized spacial score (nSPS) is 21.8. The van der Waals surface area contributed by atoms with Crippen LogP contribution in [0.2, 0.25) is 0 Å². The summed E-state index contributed by atoms with van der Waals surface area (Å²) in [5, 5.41) is 11.3. The van der Waals surface area contributed by atoms with Crippen molar-refractivity contribution in [1.82, 2.24) is 4.90 Å². The van der Waals surface area contributed by atoms with E-state index in [2.05, 4.69) is 19.0 Å². The van der Waals surface area contributed by atoms with Crippen molar-refractivity contribution in [3.05, 3.63) is 29.8 Å². The number of likely N-dealkylation sites (N-methyl/N-ethyl adjacent to an activating group) is 1. The molecule has 2 fully saturated rings. The van der Waals surface area contributed by atoms with Crippen LogP contribution in [0.1, 0.15) is 75.7 Å². The summed E-state index contributed by atoms with van der Waals surface area (Å²) in [5.74, 6) is 0.672. The van der Waals surface area contributed by atoms with Gasteiger partial charge in [-0.05, 0) is 57.5 Å². The summed E-state index contributed by atoms with van der Waals surface area (Å²) < 4.78 is 5.63. The Kier molecular flexibility index (Phi) is 6.93. The molecule has 3 rings (SSSR count). The van der Waals surface area contributed by atoms with Gasteiger partial charge < -0.3 is 14.7 Å². The van der Waals surface area contributed by atoms with Gasteiger partial charge in [0.2, 0.25) is 0 Å². The number of esters is 1. The monoisotopic (exact) mass is 373 g/mol. The average molecular weight is 374 g/mol. The lowest BCUT2D eigenvalue weighted by molar-refractivity contribution is -0.139. The van der Waals surface area contributed by atoms with Crippen LogP contribution in [0.5, 0.6) is 5.75 Å². The first kappa shape index (κ1) is 20.3. The number of hydrogen-bond acceptors (Lipinski definition) is 4. The van der Waals surface area contributed by atoms with Crippen molar-refractivity contribution in [2.45, 2.75) is 75.7 Å². The highest BCUT2D eigenvalue weighted by molar-refractivity contribution is 5.75. The van der Waals surface area contributed by atoms with Crippen molar-refractivity contribution in [3.8, 4) is 5.75 Å². The summed E-state index contributed by atoms with van der Waals surface area (Å²) in [6.45, 7) is 0.817. The third-order valence-corrected chi connectivity index (χ3v) is 6.36. The van der Waals surface area contributed by atoms with Gasteiger partial charge in [-0.3, -0.25) is 4.79 Å². The number of ether oxygens (including phenoxy) is 1. The number of hydrogen-bond donors (Lipinski definition) is 1. The van der Waals surface area contributed by atoms with Gasteiger partial charge in [0.25, 0.3) is 0 Å². The molecule has 1 aromatic carbocycles. The molecule has 1 atom stereocenters. The second-order valence-corrected chi connectivity index (χ2v) is 8.80. The van der Waals surface area contributed by atoms with Crippen LogP contribution in [0, 0.1) is 5.92 Å². The van der Waals surface area contributed by atoms with E-state index in [-0.39, 0.29) is 17.8 Å². The van der Waals surface area contributed by atoms with Gasteiger partial charge in [-0.2, -0.15) is 0 Å². The molecule has 0 aromatic heterocycles. The van der Waals surface area contributed by atoms with E-state index in [4.69, 9.17) is 4.74 Å². The van der Waals surface area contributed by atoms with Gasteiger partial charge in [0.1, 0.15) is 5.75 Å². The maximum Gasteiger partial charge on any atom is 0.314 e. The van der Waals surface area contributed by atoms with Crippen molar-refractivity contribution in [2.24, 2.45) is 5.92 Å². The van der Waals surface area contributed by atoms with E-state index in [1.54, 1.807) is 0 Å². The lowest BCUT2D eigenvalue weighted by Gasteiger charge is -2.40. The molecule has 0 aliphatic heterocycles. The molecule has 150 valence electrons. The minimum atomic E-state index is -0.636. The predicted molar refractivity (Wildman–Crippen MR) is 108 cm³/mol. The maximum absolute atomic E-state index is 12.4. The largest absolute Gasteiger partial charge is 0.426 e. The topological polar surface area (TPSA) is 49.8 Å². The van der Waals surface area contributed by atoms with Crippen LogP contribution in [0.3, 0.4) is 0 Å². The van der Waals surface area contributed by atoms with Crippen LogP contribution < -0.4 is 4.74 Å². The molecule has 4 nitrogen and oxygen atoms in total. The molecular weight excluding hydrogens is 338 g/mol. The standard InChI is InChI=1S/C23H35NO3/c1-24(2)17-21(23(26)15-7-4-8-16-23)18-11-13-20(14-12-18)27-22(25)19-9-5-3-6-10-19/h11-14,19,21,26H,3-10,15-17H2,1-2H3. The molecule has 2 saturated carbocycles. The highest BCUT2D eigenvalue weighted by Crippen LogP contribution is 2.40. The van der Waals surface area contributed by atoms with E-state index in [1.807, 2.05) is 24.3 Å². The van der Waals surface area contributed by atoms with Crippen molar-refractivity contribution in [2.75, 3.05) is 20.6 Å². The molecule has 0 bridgehead atoms. The average Bonchev–Trinajstić information content (AvgIpc) is 2.68.